The van der Waals surface area contributed by atoms with Crippen molar-refractivity contribution in [1.29, 1.82) is 0 Å². The van der Waals surface area contributed by atoms with Crippen molar-refractivity contribution in [2.24, 2.45) is 0 Å². The molecule has 1 aromatic rings. The number of nitrogens with one attached hydrogen (secondary N) is 1. The topological polar surface area (TPSA) is 114 Å². The fraction of sp³-hybridized carbons (Fsp3) is 0.636. The number of hydrogen-bond donors (Lipinski definition) is 3. The summed E-state index contributed by atoms with van der Waals surface area (Å²) in [5.74, 6) is 0. The van der Waals surface area contributed by atoms with Gasteiger partial charge >= 0.3 is 5.69 Å². The quantitative estimate of drug-likeness (QED) is 0.593. The van der Waals surface area contributed by atoms with Crippen molar-refractivity contribution in [2.75, 3.05) is 13.7 Å². The average Bonchev–Trinajstić information content (AvgIpc) is 2.70. The molecule has 0 saturated carbocycles. The Morgan fingerprint density at radius 3 is 2.79 bits per heavy atom. The minimum absolute atomic E-state index is 0.333. The van der Waals surface area contributed by atoms with Crippen molar-refractivity contribution >= 4 is 0 Å². The molecule has 0 spiro atoms. The molecule has 1 aliphatic heterocycles. The Labute approximate surface area is 108 Å². The molecule has 0 aromatic carbocycles. The van der Waals surface area contributed by atoms with Gasteiger partial charge < -0.3 is 19.7 Å². The van der Waals surface area contributed by atoms with E-state index < -0.39 is 42.4 Å². The van der Waals surface area contributed by atoms with Gasteiger partial charge in [-0.3, -0.25) is 14.3 Å². The van der Waals surface area contributed by atoms with Gasteiger partial charge in [0, 0.05) is 18.9 Å². The predicted molar refractivity (Wildman–Crippen MR) is 63.9 cm³/mol. The van der Waals surface area contributed by atoms with Crippen LogP contribution in [0, 0.1) is 6.92 Å². The summed E-state index contributed by atoms with van der Waals surface area (Å²) < 4.78 is 11.7. The highest BCUT2D eigenvalue weighted by atomic mass is 16.6. The summed E-state index contributed by atoms with van der Waals surface area (Å²) in [6.45, 7) is 1.15. The van der Waals surface area contributed by atoms with Gasteiger partial charge in [-0.1, -0.05) is 0 Å². The van der Waals surface area contributed by atoms with Gasteiger partial charge in [0.1, 0.15) is 18.3 Å². The van der Waals surface area contributed by atoms with E-state index in [-0.39, 0.29) is 0 Å². The smallest absolute Gasteiger partial charge is 0.330 e. The first-order chi connectivity index (χ1) is 8.99. The van der Waals surface area contributed by atoms with Crippen LogP contribution < -0.4 is 11.2 Å². The fourth-order valence-corrected chi connectivity index (χ4v) is 2.12. The first-order valence-electron chi connectivity index (χ1n) is 5.78. The van der Waals surface area contributed by atoms with Crippen molar-refractivity contribution < 1.29 is 19.7 Å². The third kappa shape index (κ3) is 2.35. The number of aromatic amines is 1. The Bertz CT molecular complexity index is 565. The molecule has 1 fully saturated rings. The number of nitrogens with zero attached hydrogens (tertiary/aromatic N) is 1. The Morgan fingerprint density at radius 1 is 1.53 bits per heavy atom. The van der Waals surface area contributed by atoms with E-state index in [4.69, 9.17) is 14.6 Å². The van der Waals surface area contributed by atoms with E-state index in [1.165, 1.54) is 13.3 Å². The maximum absolute atomic E-state index is 11.8. The Morgan fingerprint density at radius 2 is 2.21 bits per heavy atom. The zero-order chi connectivity index (χ0) is 14.2. The predicted octanol–water partition coefficient (Wildman–Crippen LogP) is -1.89. The zero-order valence-corrected chi connectivity index (χ0v) is 10.6. The number of hydrogen-bond acceptors (Lipinski definition) is 6. The van der Waals surface area contributed by atoms with Crippen LogP contribution in [0.25, 0.3) is 0 Å². The fourth-order valence-electron chi connectivity index (χ4n) is 2.12. The summed E-state index contributed by atoms with van der Waals surface area (Å²) in [4.78, 5) is 25.2. The molecule has 4 atom stereocenters. The lowest BCUT2D eigenvalue weighted by molar-refractivity contribution is -0.0626. The van der Waals surface area contributed by atoms with Crippen LogP contribution in [0.4, 0.5) is 0 Å². The highest BCUT2D eigenvalue weighted by molar-refractivity contribution is 5.03. The van der Waals surface area contributed by atoms with Crippen LogP contribution in [0.2, 0.25) is 0 Å². The molecule has 1 saturated heterocycles. The molecule has 0 aliphatic carbocycles. The number of aryl methyl sites for hydroxylation is 1. The molecular weight excluding hydrogens is 256 g/mol. The zero-order valence-electron chi connectivity index (χ0n) is 10.6. The van der Waals surface area contributed by atoms with Gasteiger partial charge in [-0.05, 0) is 6.92 Å². The van der Waals surface area contributed by atoms with E-state index in [9.17, 15) is 14.7 Å². The molecule has 1 aliphatic rings. The summed E-state index contributed by atoms with van der Waals surface area (Å²) >= 11 is 0. The lowest BCUT2D eigenvalue weighted by Crippen LogP contribution is -2.39. The molecule has 0 amide bonds. The summed E-state index contributed by atoms with van der Waals surface area (Å²) in [5.41, 5.74) is -0.805. The summed E-state index contributed by atoms with van der Waals surface area (Å²) in [6, 6.07) is 0. The number of aromatic nitrogens is 2. The Kier molecular flexibility index (Phi) is 3.85. The average molecular weight is 272 g/mol. The normalized spacial score (nSPS) is 30.7. The molecule has 0 radical (unpaired) electrons. The molecule has 106 valence electrons. The van der Waals surface area contributed by atoms with E-state index in [2.05, 4.69) is 4.98 Å². The molecule has 3 N–H and O–H groups in total. The third-order valence-electron chi connectivity index (χ3n) is 3.18. The largest absolute Gasteiger partial charge is 0.394 e. The second kappa shape index (κ2) is 5.25. The highest BCUT2D eigenvalue weighted by Gasteiger charge is 2.45. The molecule has 2 heterocycles. The maximum Gasteiger partial charge on any atom is 0.330 e. The SMILES string of the molecule is CO[C@H]1C(O)C(CO)OC1n1cc(C)c(=O)[nH]c1=O. The number of rotatable bonds is 3. The van der Waals surface area contributed by atoms with E-state index in [1.54, 1.807) is 6.92 Å². The molecule has 8 heteroatoms. The Hall–Kier alpha value is -1.48. The lowest BCUT2D eigenvalue weighted by atomic mass is 10.1. The summed E-state index contributed by atoms with van der Waals surface area (Å²) in [7, 11) is 1.37. The van der Waals surface area contributed by atoms with E-state index in [1.807, 2.05) is 0 Å². The van der Waals surface area contributed by atoms with E-state index in [0.29, 0.717) is 5.56 Å². The Balaban J connectivity index is 2.44. The number of ether oxygens (including phenoxy) is 2. The van der Waals surface area contributed by atoms with Crippen LogP contribution in [0.15, 0.2) is 15.8 Å². The molecular formula is C11H16N2O6. The van der Waals surface area contributed by atoms with Gasteiger partial charge in [-0.2, -0.15) is 0 Å². The van der Waals surface area contributed by atoms with E-state index >= 15 is 0 Å². The van der Waals surface area contributed by atoms with Crippen LogP contribution in [0.5, 0.6) is 0 Å². The van der Waals surface area contributed by atoms with Crippen LogP contribution >= 0.6 is 0 Å². The van der Waals surface area contributed by atoms with Crippen molar-refractivity contribution in [1.82, 2.24) is 9.55 Å². The van der Waals surface area contributed by atoms with Gasteiger partial charge in [0.15, 0.2) is 6.23 Å². The van der Waals surface area contributed by atoms with Gasteiger partial charge in [0.25, 0.3) is 5.56 Å². The first kappa shape index (κ1) is 13.9. The van der Waals surface area contributed by atoms with Crippen LogP contribution in [-0.4, -0.2) is 51.8 Å². The van der Waals surface area contributed by atoms with Gasteiger partial charge in [0.05, 0.1) is 6.61 Å². The van der Waals surface area contributed by atoms with Crippen molar-refractivity contribution in [2.45, 2.75) is 31.5 Å². The van der Waals surface area contributed by atoms with Crippen molar-refractivity contribution in [3.63, 3.8) is 0 Å². The second-order valence-electron chi connectivity index (χ2n) is 4.42. The third-order valence-corrected chi connectivity index (χ3v) is 3.18. The highest BCUT2D eigenvalue weighted by Crippen LogP contribution is 2.30. The van der Waals surface area contributed by atoms with Gasteiger partial charge in [-0.15, -0.1) is 0 Å². The maximum atomic E-state index is 11.8. The molecule has 3 unspecified atom stereocenters. The molecule has 19 heavy (non-hydrogen) atoms. The minimum atomic E-state index is -1.06. The van der Waals surface area contributed by atoms with Crippen LogP contribution in [-0.2, 0) is 9.47 Å². The van der Waals surface area contributed by atoms with Crippen molar-refractivity contribution in [3.8, 4) is 0 Å². The monoisotopic (exact) mass is 272 g/mol. The second-order valence-corrected chi connectivity index (χ2v) is 4.42. The first-order valence-corrected chi connectivity index (χ1v) is 5.78. The molecule has 8 nitrogen and oxygen atoms in total. The number of aliphatic hydroxyl groups is 2. The van der Waals surface area contributed by atoms with Gasteiger partial charge in [-0.25, -0.2) is 4.79 Å². The van der Waals surface area contributed by atoms with Gasteiger partial charge in [0.2, 0.25) is 0 Å². The standard InChI is InChI=1S/C11H16N2O6/c1-5-3-13(11(17)12-9(5)16)10-8(18-2)7(15)6(4-14)19-10/h3,6-8,10,14-15H,4H2,1-2H3,(H,12,16,17)/t6?,7?,8-,10?/m0/s1. The summed E-state index contributed by atoms with van der Waals surface area (Å²) in [5, 5.41) is 19.0. The molecule has 1 aromatic heterocycles. The van der Waals surface area contributed by atoms with Crippen LogP contribution in [0.3, 0.4) is 0 Å². The minimum Gasteiger partial charge on any atom is -0.394 e. The molecule has 2 rings (SSSR count). The van der Waals surface area contributed by atoms with Crippen LogP contribution in [0.1, 0.15) is 11.8 Å². The number of methoxy groups -OCH3 is 1. The number of H-pyrrole nitrogens is 1. The lowest BCUT2D eigenvalue weighted by Gasteiger charge is -2.20. The molecule has 0 bridgehead atoms. The number of aliphatic hydroxyl groups excluding tert-OH is 2. The summed E-state index contributed by atoms with van der Waals surface area (Å²) in [6.07, 6.45) is -2.27. The van der Waals surface area contributed by atoms with Crippen molar-refractivity contribution in [3.05, 3.63) is 32.6 Å². The van der Waals surface area contributed by atoms with E-state index in [0.717, 1.165) is 4.57 Å².